The topological polar surface area (TPSA) is 50.8 Å². The van der Waals surface area contributed by atoms with Crippen LogP contribution in [0.15, 0.2) is 42.5 Å². The van der Waals surface area contributed by atoms with Gasteiger partial charge in [-0.2, -0.15) is 5.10 Å². The average Bonchev–Trinajstić information content (AvgIpc) is 2.93. The summed E-state index contributed by atoms with van der Waals surface area (Å²) in [6, 6.07) is 9.64. The van der Waals surface area contributed by atoms with Gasteiger partial charge in [0, 0.05) is 0 Å². The Bertz CT molecular complexity index is 857. The van der Waals surface area contributed by atoms with Gasteiger partial charge in [0.15, 0.2) is 5.82 Å². The van der Waals surface area contributed by atoms with Crippen molar-refractivity contribution < 1.29 is 22.3 Å². The van der Waals surface area contributed by atoms with Gasteiger partial charge in [-0.15, -0.1) is 13.2 Å². The summed E-state index contributed by atoms with van der Waals surface area (Å²) in [4.78, 5) is 4.08. The molecule has 1 N–H and O–H groups in total. The van der Waals surface area contributed by atoms with Crippen molar-refractivity contribution in [1.82, 2.24) is 15.2 Å². The zero-order valence-electron chi connectivity index (χ0n) is 12.4. The lowest BCUT2D eigenvalue weighted by atomic mass is 10.0. The highest BCUT2D eigenvalue weighted by atomic mass is 19.4. The Morgan fingerprint density at radius 1 is 1.00 bits per heavy atom. The van der Waals surface area contributed by atoms with E-state index in [1.807, 2.05) is 0 Å². The van der Waals surface area contributed by atoms with Crippen LogP contribution in [-0.4, -0.2) is 21.5 Å². The summed E-state index contributed by atoms with van der Waals surface area (Å²) in [5.74, 6) is -0.0553. The molecule has 2 aromatic carbocycles. The lowest BCUT2D eigenvalue weighted by Gasteiger charge is -2.10. The molecule has 0 spiro atoms. The first-order chi connectivity index (χ1) is 11.3. The Kier molecular flexibility index (Phi) is 3.96. The fourth-order valence-electron chi connectivity index (χ4n) is 2.19. The smallest absolute Gasteiger partial charge is 0.406 e. The van der Waals surface area contributed by atoms with Gasteiger partial charge < -0.3 is 4.74 Å². The number of aryl methyl sites for hydroxylation is 1. The number of ether oxygens (including phenoxy) is 1. The van der Waals surface area contributed by atoms with Crippen molar-refractivity contribution in [1.29, 1.82) is 0 Å². The van der Waals surface area contributed by atoms with Crippen molar-refractivity contribution in [2.75, 3.05) is 0 Å². The molecule has 0 aliphatic carbocycles. The molecule has 0 aliphatic rings. The highest BCUT2D eigenvalue weighted by Gasteiger charge is 2.30. The first-order valence-corrected chi connectivity index (χ1v) is 6.87. The van der Waals surface area contributed by atoms with Crippen LogP contribution < -0.4 is 4.74 Å². The Labute approximate surface area is 134 Å². The molecule has 8 heteroatoms. The van der Waals surface area contributed by atoms with Gasteiger partial charge in [-0.3, -0.25) is 5.10 Å². The van der Waals surface area contributed by atoms with Gasteiger partial charge in [-0.05, 0) is 42.3 Å². The summed E-state index contributed by atoms with van der Waals surface area (Å²) in [7, 11) is 0. The number of benzene rings is 2. The SMILES string of the molecule is Cc1nc(-c2cc(-c3ccc(OC(F)(F)F)cc3)ccc2F)n[nH]1. The lowest BCUT2D eigenvalue weighted by molar-refractivity contribution is -0.274. The first-order valence-electron chi connectivity index (χ1n) is 6.87. The summed E-state index contributed by atoms with van der Waals surface area (Å²) in [5, 5.41) is 6.55. The summed E-state index contributed by atoms with van der Waals surface area (Å²) in [5.41, 5.74) is 1.43. The molecule has 0 fully saturated rings. The predicted octanol–water partition coefficient (Wildman–Crippen LogP) is 4.48. The fourth-order valence-corrected chi connectivity index (χ4v) is 2.19. The van der Waals surface area contributed by atoms with E-state index in [0.29, 0.717) is 17.0 Å². The van der Waals surface area contributed by atoms with Gasteiger partial charge in [0.25, 0.3) is 0 Å². The van der Waals surface area contributed by atoms with Gasteiger partial charge in [0.1, 0.15) is 17.4 Å². The number of nitrogens with one attached hydrogen (secondary N) is 1. The molecule has 1 aromatic heterocycles. The zero-order valence-corrected chi connectivity index (χ0v) is 12.4. The first kappa shape index (κ1) is 16.0. The van der Waals surface area contributed by atoms with Gasteiger partial charge in [0.2, 0.25) is 0 Å². The summed E-state index contributed by atoms with van der Waals surface area (Å²) in [6.07, 6.45) is -4.74. The van der Waals surface area contributed by atoms with E-state index in [0.717, 1.165) is 0 Å². The minimum absolute atomic E-state index is 0.201. The molecule has 0 radical (unpaired) electrons. The fraction of sp³-hybridized carbons (Fsp3) is 0.125. The maximum Gasteiger partial charge on any atom is 0.573 e. The molecule has 3 aromatic rings. The highest BCUT2D eigenvalue weighted by molar-refractivity contribution is 5.71. The third-order valence-corrected chi connectivity index (χ3v) is 3.23. The molecular weight excluding hydrogens is 326 g/mol. The van der Waals surface area contributed by atoms with Crippen LogP contribution in [0.2, 0.25) is 0 Å². The highest BCUT2D eigenvalue weighted by Crippen LogP contribution is 2.29. The van der Waals surface area contributed by atoms with Crippen LogP contribution in [0.25, 0.3) is 22.5 Å². The number of aromatic amines is 1. The van der Waals surface area contributed by atoms with Gasteiger partial charge in [0.05, 0.1) is 5.56 Å². The molecule has 0 atom stereocenters. The number of hydrogen-bond donors (Lipinski definition) is 1. The number of halogens is 4. The molecule has 4 nitrogen and oxygen atoms in total. The normalized spacial score (nSPS) is 11.5. The largest absolute Gasteiger partial charge is 0.573 e. The van der Waals surface area contributed by atoms with Crippen molar-refractivity contribution in [3.63, 3.8) is 0 Å². The molecule has 0 saturated carbocycles. The quantitative estimate of drug-likeness (QED) is 0.717. The van der Waals surface area contributed by atoms with Crippen LogP contribution in [0.1, 0.15) is 5.82 Å². The number of H-pyrrole nitrogens is 1. The summed E-state index contributed by atoms with van der Waals surface area (Å²) in [6.45, 7) is 1.69. The van der Waals surface area contributed by atoms with E-state index in [9.17, 15) is 17.6 Å². The minimum Gasteiger partial charge on any atom is -0.406 e. The van der Waals surface area contributed by atoms with Crippen LogP contribution in [0.4, 0.5) is 17.6 Å². The van der Waals surface area contributed by atoms with Crippen LogP contribution in [0.3, 0.4) is 0 Å². The van der Waals surface area contributed by atoms with E-state index < -0.39 is 12.2 Å². The minimum atomic E-state index is -4.74. The Hall–Kier alpha value is -2.90. The van der Waals surface area contributed by atoms with Crippen molar-refractivity contribution in [2.45, 2.75) is 13.3 Å². The molecule has 1 heterocycles. The van der Waals surface area contributed by atoms with Gasteiger partial charge in [-0.25, -0.2) is 9.37 Å². The Morgan fingerprint density at radius 3 is 2.25 bits per heavy atom. The van der Waals surface area contributed by atoms with E-state index in [1.165, 1.54) is 42.5 Å². The molecule has 24 heavy (non-hydrogen) atoms. The predicted molar refractivity (Wildman–Crippen MR) is 78.6 cm³/mol. The van der Waals surface area contributed by atoms with Crippen molar-refractivity contribution in [3.05, 3.63) is 54.1 Å². The molecule has 0 unspecified atom stereocenters. The second-order valence-corrected chi connectivity index (χ2v) is 5.01. The average molecular weight is 337 g/mol. The maximum atomic E-state index is 14.0. The Morgan fingerprint density at radius 2 is 1.67 bits per heavy atom. The number of aromatic nitrogens is 3. The van der Waals surface area contributed by atoms with Crippen LogP contribution in [-0.2, 0) is 0 Å². The lowest BCUT2D eigenvalue weighted by Crippen LogP contribution is -2.16. The molecule has 3 rings (SSSR count). The Balaban J connectivity index is 1.92. The molecule has 0 amide bonds. The molecule has 0 aliphatic heterocycles. The van der Waals surface area contributed by atoms with E-state index in [1.54, 1.807) is 6.92 Å². The number of rotatable bonds is 3. The van der Waals surface area contributed by atoms with Crippen LogP contribution >= 0.6 is 0 Å². The third-order valence-electron chi connectivity index (χ3n) is 3.23. The maximum absolute atomic E-state index is 14.0. The summed E-state index contributed by atoms with van der Waals surface area (Å²) >= 11 is 0. The molecular formula is C16H11F4N3O. The number of nitrogens with zero attached hydrogens (tertiary/aromatic N) is 2. The van der Waals surface area contributed by atoms with Gasteiger partial charge in [-0.1, -0.05) is 18.2 Å². The standard InChI is InChI=1S/C16H11F4N3O/c1-9-21-15(23-22-9)13-8-11(4-7-14(13)17)10-2-5-12(6-3-10)24-16(18,19)20/h2-8H,1H3,(H,21,22,23). The van der Waals surface area contributed by atoms with E-state index in [2.05, 4.69) is 19.9 Å². The molecule has 0 bridgehead atoms. The number of hydrogen-bond acceptors (Lipinski definition) is 3. The monoisotopic (exact) mass is 337 g/mol. The van der Waals surface area contributed by atoms with Crippen molar-refractivity contribution in [2.24, 2.45) is 0 Å². The van der Waals surface area contributed by atoms with E-state index in [-0.39, 0.29) is 17.1 Å². The van der Waals surface area contributed by atoms with Crippen LogP contribution in [0, 0.1) is 12.7 Å². The van der Waals surface area contributed by atoms with Crippen LogP contribution in [0.5, 0.6) is 5.75 Å². The second kappa shape index (κ2) is 5.95. The molecule has 0 saturated heterocycles. The van der Waals surface area contributed by atoms with Crippen molar-refractivity contribution in [3.8, 4) is 28.3 Å². The third kappa shape index (κ3) is 3.53. The van der Waals surface area contributed by atoms with E-state index >= 15 is 0 Å². The second-order valence-electron chi connectivity index (χ2n) is 5.01. The number of alkyl halides is 3. The molecule has 124 valence electrons. The van der Waals surface area contributed by atoms with E-state index in [4.69, 9.17) is 0 Å². The zero-order chi connectivity index (χ0) is 17.3. The van der Waals surface area contributed by atoms with Crippen molar-refractivity contribution >= 4 is 0 Å². The summed E-state index contributed by atoms with van der Waals surface area (Å²) < 4.78 is 54.3. The van der Waals surface area contributed by atoms with Gasteiger partial charge >= 0.3 is 6.36 Å².